The lowest BCUT2D eigenvalue weighted by Crippen LogP contribution is -2.52. The van der Waals surface area contributed by atoms with Crippen molar-refractivity contribution in [1.29, 1.82) is 0 Å². The number of sulfone groups is 1. The Kier molecular flexibility index (Phi) is 6.28. The van der Waals surface area contributed by atoms with Crippen LogP contribution in [0, 0.1) is 5.41 Å². The zero-order chi connectivity index (χ0) is 15.3. The number of rotatable bonds is 6. The number of hydrogen-bond acceptors (Lipinski definition) is 4. The van der Waals surface area contributed by atoms with Crippen molar-refractivity contribution in [2.45, 2.75) is 33.2 Å². The smallest absolute Gasteiger partial charge is 0.326 e. The van der Waals surface area contributed by atoms with Gasteiger partial charge in [-0.2, -0.15) is 0 Å². The van der Waals surface area contributed by atoms with E-state index in [1.807, 2.05) is 0 Å². The van der Waals surface area contributed by atoms with E-state index >= 15 is 0 Å². The normalized spacial score (nSPS) is 13.7. The third kappa shape index (κ3) is 8.41. The first-order chi connectivity index (χ1) is 8.43. The van der Waals surface area contributed by atoms with Crippen molar-refractivity contribution in [1.82, 2.24) is 10.6 Å². The van der Waals surface area contributed by atoms with Crippen molar-refractivity contribution in [2.24, 2.45) is 5.41 Å². The van der Waals surface area contributed by atoms with Crippen LogP contribution in [0.5, 0.6) is 0 Å². The van der Waals surface area contributed by atoms with Gasteiger partial charge in [0.2, 0.25) is 0 Å². The molecule has 0 aliphatic carbocycles. The predicted molar refractivity (Wildman–Crippen MR) is 71.7 cm³/mol. The molecule has 0 aliphatic rings. The van der Waals surface area contributed by atoms with E-state index in [0.717, 1.165) is 6.26 Å². The number of hydrogen-bond donors (Lipinski definition) is 3. The lowest BCUT2D eigenvalue weighted by atomic mass is 9.87. The summed E-state index contributed by atoms with van der Waals surface area (Å²) in [5.74, 6) is -1.13. The van der Waals surface area contributed by atoms with Gasteiger partial charge in [-0.1, -0.05) is 20.8 Å². The van der Waals surface area contributed by atoms with Gasteiger partial charge in [0.15, 0.2) is 0 Å². The molecule has 8 heteroatoms. The van der Waals surface area contributed by atoms with Crippen LogP contribution >= 0.6 is 0 Å². The highest BCUT2D eigenvalue weighted by Gasteiger charge is 2.32. The second-order valence-electron chi connectivity index (χ2n) is 5.52. The minimum Gasteiger partial charge on any atom is -0.480 e. The minimum atomic E-state index is -3.05. The van der Waals surface area contributed by atoms with E-state index in [0.29, 0.717) is 6.42 Å². The Hall–Kier alpha value is -1.31. The number of carbonyl (C=O) groups is 2. The van der Waals surface area contributed by atoms with Gasteiger partial charge < -0.3 is 15.7 Å². The summed E-state index contributed by atoms with van der Waals surface area (Å²) in [7, 11) is -3.05. The van der Waals surface area contributed by atoms with Gasteiger partial charge in [0.1, 0.15) is 15.9 Å². The fourth-order valence-electron chi connectivity index (χ4n) is 1.37. The van der Waals surface area contributed by atoms with Crippen molar-refractivity contribution in [3.8, 4) is 0 Å². The minimum absolute atomic E-state index is 0.0189. The summed E-state index contributed by atoms with van der Waals surface area (Å²) < 4.78 is 21.7. The summed E-state index contributed by atoms with van der Waals surface area (Å²) in [6.45, 7) is 5.29. The average Bonchev–Trinajstić information content (AvgIpc) is 2.17. The first-order valence-corrected chi connectivity index (χ1v) is 7.94. The quantitative estimate of drug-likeness (QED) is 0.607. The topological polar surface area (TPSA) is 113 Å². The molecule has 0 aromatic heterocycles. The molecule has 0 aliphatic heterocycles. The number of urea groups is 1. The second kappa shape index (κ2) is 6.74. The molecule has 1 atom stereocenters. The van der Waals surface area contributed by atoms with Crippen LogP contribution in [0.3, 0.4) is 0 Å². The van der Waals surface area contributed by atoms with E-state index in [-0.39, 0.29) is 12.3 Å². The maximum atomic E-state index is 11.5. The van der Waals surface area contributed by atoms with Crippen LogP contribution in [0.2, 0.25) is 0 Å². The van der Waals surface area contributed by atoms with Gasteiger partial charge in [-0.05, 0) is 11.8 Å². The van der Waals surface area contributed by atoms with E-state index in [9.17, 15) is 18.0 Å². The molecule has 3 N–H and O–H groups in total. The van der Waals surface area contributed by atoms with Crippen molar-refractivity contribution < 1.29 is 23.1 Å². The van der Waals surface area contributed by atoms with Gasteiger partial charge in [-0.3, -0.25) is 0 Å². The average molecular weight is 294 g/mol. The van der Waals surface area contributed by atoms with Crippen LogP contribution in [0.25, 0.3) is 0 Å². The summed E-state index contributed by atoms with van der Waals surface area (Å²) in [6.07, 6.45) is 1.41. The predicted octanol–water partition coefficient (Wildman–Crippen LogP) is 0.220. The number of carboxylic acid groups (broad SMARTS) is 1. The van der Waals surface area contributed by atoms with Gasteiger partial charge in [-0.25, -0.2) is 18.0 Å². The first-order valence-electron chi connectivity index (χ1n) is 5.88. The Labute approximate surface area is 113 Å². The molecule has 0 saturated heterocycles. The van der Waals surface area contributed by atoms with Crippen LogP contribution in [-0.2, 0) is 14.6 Å². The van der Waals surface area contributed by atoms with Gasteiger partial charge in [0.25, 0.3) is 0 Å². The maximum Gasteiger partial charge on any atom is 0.326 e. The molecule has 0 saturated carbocycles. The SMILES string of the molecule is CC(C)(C)[C@@H](NC(=O)NCCCS(C)(=O)=O)C(=O)O. The molecule has 0 spiro atoms. The molecular formula is C11H22N2O5S. The van der Waals surface area contributed by atoms with Gasteiger partial charge in [-0.15, -0.1) is 0 Å². The van der Waals surface area contributed by atoms with Crippen molar-refractivity contribution >= 4 is 21.8 Å². The standard InChI is InChI=1S/C11H22N2O5S/c1-11(2,3)8(9(14)15)13-10(16)12-6-5-7-19(4,17)18/h8H,5-7H2,1-4H3,(H,14,15)(H2,12,13,16)/t8-/m0/s1. The van der Waals surface area contributed by atoms with Crippen LogP contribution in [-0.4, -0.2) is 50.1 Å². The van der Waals surface area contributed by atoms with Crippen LogP contribution in [0.4, 0.5) is 4.79 Å². The van der Waals surface area contributed by atoms with Gasteiger partial charge in [0.05, 0.1) is 5.75 Å². The maximum absolute atomic E-state index is 11.5. The summed E-state index contributed by atoms with van der Waals surface area (Å²) in [5.41, 5.74) is -0.615. The van der Waals surface area contributed by atoms with E-state index in [1.165, 1.54) is 0 Å². The molecule has 0 heterocycles. The molecule has 0 fully saturated rings. The summed E-state index contributed by atoms with van der Waals surface area (Å²) in [5, 5.41) is 13.8. The first kappa shape index (κ1) is 17.7. The molecule has 0 aromatic rings. The molecule has 0 rings (SSSR count). The van der Waals surface area contributed by atoms with Crippen LogP contribution in [0.1, 0.15) is 27.2 Å². The van der Waals surface area contributed by atoms with E-state index < -0.39 is 33.3 Å². The highest BCUT2D eigenvalue weighted by molar-refractivity contribution is 7.90. The molecule has 0 bridgehead atoms. The zero-order valence-electron chi connectivity index (χ0n) is 11.7. The molecule has 19 heavy (non-hydrogen) atoms. The summed E-state index contributed by atoms with van der Waals surface area (Å²) in [4.78, 5) is 22.5. The fourth-order valence-corrected chi connectivity index (χ4v) is 2.04. The third-order valence-corrected chi connectivity index (χ3v) is 3.40. The highest BCUT2D eigenvalue weighted by Crippen LogP contribution is 2.19. The Morgan fingerprint density at radius 3 is 2.16 bits per heavy atom. The Balaban J connectivity index is 4.20. The number of amides is 2. The summed E-state index contributed by atoms with van der Waals surface area (Å²) in [6, 6.07) is -1.63. The molecule has 112 valence electrons. The number of carboxylic acids is 1. The van der Waals surface area contributed by atoms with Crippen molar-refractivity contribution in [3.05, 3.63) is 0 Å². The van der Waals surface area contributed by atoms with E-state index in [4.69, 9.17) is 5.11 Å². The van der Waals surface area contributed by atoms with Gasteiger partial charge in [0, 0.05) is 12.8 Å². The summed E-state index contributed by atoms with van der Waals surface area (Å²) >= 11 is 0. The number of nitrogens with one attached hydrogen (secondary N) is 2. The fraction of sp³-hybridized carbons (Fsp3) is 0.818. The van der Waals surface area contributed by atoms with Crippen molar-refractivity contribution in [2.75, 3.05) is 18.6 Å². The lowest BCUT2D eigenvalue weighted by molar-refractivity contribution is -0.141. The molecule has 2 amide bonds. The van der Waals surface area contributed by atoms with E-state index in [1.54, 1.807) is 20.8 Å². The zero-order valence-corrected chi connectivity index (χ0v) is 12.5. The monoisotopic (exact) mass is 294 g/mol. The van der Waals surface area contributed by atoms with Crippen molar-refractivity contribution in [3.63, 3.8) is 0 Å². The Morgan fingerprint density at radius 1 is 1.26 bits per heavy atom. The van der Waals surface area contributed by atoms with Gasteiger partial charge >= 0.3 is 12.0 Å². The Morgan fingerprint density at radius 2 is 1.79 bits per heavy atom. The Bertz CT molecular complexity index is 425. The third-order valence-electron chi connectivity index (χ3n) is 2.37. The highest BCUT2D eigenvalue weighted by atomic mass is 32.2. The van der Waals surface area contributed by atoms with Crippen LogP contribution < -0.4 is 10.6 Å². The van der Waals surface area contributed by atoms with Crippen LogP contribution in [0.15, 0.2) is 0 Å². The molecule has 0 unspecified atom stereocenters. The molecule has 0 radical (unpaired) electrons. The largest absolute Gasteiger partial charge is 0.480 e. The van der Waals surface area contributed by atoms with E-state index in [2.05, 4.69) is 10.6 Å². The number of aliphatic carboxylic acids is 1. The number of carbonyl (C=O) groups excluding carboxylic acids is 1. The molecule has 7 nitrogen and oxygen atoms in total. The molecule has 0 aromatic carbocycles. The lowest BCUT2D eigenvalue weighted by Gasteiger charge is -2.27. The second-order valence-corrected chi connectivity index (χ2v) is 7.78. The molecular weight excluding hydrogens is 272 g/mol.